The van der Waals surface area contributed by atoms with Gasteiger partial charge >= 0.3 is 0 Å². The summed E-state index contributed by atoms with van der Waals surface area (Å²) in [5.41, 5.74) is 1.39. The maximum Gasteiger partial charge on any atom is 0.294 e. The molecule has 1 aromatic carbocycles. The van der Waals surface area contributed by atoms with Gasteiger partial charge in [-0.3, -0.25) is 4.79 Å². The monoisotopic (exact) mass is 442 g/mol. The number of benzene rings is 1. The van der Waals surface area contributed by atoms with E-state index in [1.54, 1.807) is 6.92 Å². The van der Waals surface area contributed by atoms with Gasteiger partial charge in [0.15, 0.2) is 11.6 Å². The van der Waals surface area contributed by atoms with Crippen molar-refractivity contribution in [3.63, 3.8) is 0 Å². The van der Waals surface area contributed by atoms with Crippen LogP contribution in [0.2, 0.25) is 0 Å². The topological polar surface area (TPSA) is 90.6 Å². The minimum atomic E-state index is -1.95. The van der Waals surface area contributed by atoms with Crippen LogP contribution in [0.4, 0.5) is 5.82 Å². The summed E-state index contributed by atoms with van der Waals surface area (Å²) in [5, 5.41) is 22.8. The van der Waals surface area contributed by atoms with Crippen LogP contribution in [0.1, 0.15) is 77.7 Å². The van der Waals surface area contributed by atoms with Gasteiger partial charge in [-0.05, 0) is 51.7 Å². The number of rotatable bonds is 5. The zero-order valence-corrected chi connectivity index (χ0v) is 19.5. The Morgan fingerprint density at radius 2 is 1.62 bits per heavy atom. The number of aliphatic hydroxyl groups is 2. The molecule has 0 spiro atoms. The summed E-state index contributed by atoms with van der Waals surface area (Å²) in [4.78, 5) is 20.6. The van der Waals surface area contributed by atoms with Crippen LogP contribution in [0.15, 0.2) is 29.1 Å². The molecular formula is C25H38N4O3. The van der Waals surface area contributed by atoms with E-state index < -0.39 is 11.8 Å². The Balaban J connectivity index is 1.57. The first-order valence-corrected chi connectivity index (χ1v) is 12.3. The molecule has 0 radical (unpaired) electrons. The molecular weight excluding hydrogens is 404 g/mol. The number of fused-ring (bicyclic) bond motifs is 1. The van der Waals surface area contributed by atoms with Crippen molar-refractivity contribution in [3.8, 4) is 0 Å². The van der Waals surface area contributed by atoms with Crippen molar-refractivity contribution >= 4 is 16.9 Å². The summed E-state index contributed by atoms with van der Waals surface area (Å²) in [6.07, 6.45) is 11.3. The van der Waals surface area contributed by atoms with E-state index >= 15 is 0 Å². The van der Waals surface area contributed by atoms with Crippen LogP contribution >= 0.6 is 0 Å². The van der Waals surface area contributed by atoms with Gasteiger partial charge in [-0.25, -0.2) is 4.98 Å². The summed E-state index contributed by atoms with van der Waals surface area (Å²) >= 11 is 0. The molecule has 32 heavy (non-hydrogen) atoms. The van der Waals surface area contributed by atoms with Crippen LogP contribution in [-0.4, -0.2) is 55.6 Å². The van der Waals surface area contributed by atoms with Crippen LogP contribution in [0, 0.1) is 0 Å². The lowest BCUT2D eigenvalue weighted by Crippen LogP contribution is -2.45. The Bertz CT molecular complexity index is 952. The second-order valence-electron chi connectivity index (χ2n) is 9.85. The standard InChI is InChI=1S/C25H38N4O3/c1-18(25(2,31)32)26-23-24(30)29(22-13-9-8-12-21(22)27-23)20-14-16-28(17-15-20)19-10-6-4-3-5-7-11-19/h8-9,12-13,18-20,31-32H,3-7,10-11,14-17H2,1-2H3,(H,26,27). The van der Waals surface area contributed by atoms with E-state index in [4.69, 9.17) is 0 Å². The predicted octanol–water partition coefficient (Wildman–Crippen LogP) is 3.65. The molecule has 3 N–H and O–H groups in total. The molecule has 7 heteroatoms. The van der Waals surface area contributed by atoms with E-state index in [2.05, 4.69) is 15.2 Å². The van der Waals surface area contributed by atoms with Crippen LogP contribution in [0.3, 0.4) is 0 Å². The molecule has 2 heterocycles. The Kier molecular flexibility index (Phi) is 7.17. The highest BCUT2D eigenvalue weighted by Gasteiger charge is 2.30. The molecule has 1 unspecified atom stereocenters. The number of anilines is 1. The van der Waals surface area contributed by atoms with Crippen molar-refractivity contribution in [2.45, 2.75) is 95.5 Å². The van der Waals surface area contributed by atoms with Crippen LogP contribution in [0.25, 0.3) is 11.0 Å². The van der Waals surface area contributed by atoms with Gasteiger partial charge in [-0.2, -0.15) is 0 Å². The minimum absolute atomic E-state index is 0.116. The molecule has 0 bridgehead atoms. The normalized spacial score (nSPS) is 21.2. The van der Waals surface area contributed by atoms with Crippen LogP contribution in [-0.2, 0) is 0 Å². The molecule has 4 rings (SSSR count). The zero-order chi connectivity index (χ0) is 22.7. The number of aromatic nitrogens is 2. The smallest absolute Gasteiger partial charge is 0.294 e. The highest BCUT2D eigenvalue weighted by molar-refractivity contribution is 5.76. The number of hydrogen-bond acceptors (Lipinski definition) is 6. The average Bonchev–Trinajstić information content (AvgIpc) is 2.74. The van der Waals surface area contributed by atoms with Crippen molar-refractivity contribution in [2.24, 2.45) is 0 Å². The third-order valence-corrected chi connectivity index (χ3v) is 7.42. The molecule has 176 valence electrons. The van der Waals surface area contributed by atoms with Crippen molar-refractivity contribution in [3.05, 3.63) is 34.6 Å². The molecule has 1 saturated heterocycles. The second kappa shape index (κ2) is 9.89. The van der Waals surface area contributed by atoms with Gasteiger partial charge in [-0.1, -0.05) is 44.2 Å². The number of likely N-dealkylation sites (tertiary alicyclic amines) is 1. The Morgan fingerprint density at radius 3 is 2.28 bits per heavy atom. The molecule has 1 saturated carbocycles. The highest BCUT2D eigenvalue weighted by atomic mass is 16.5. The SMILES string of the molecule is CC(Nc1nc2ccccc2n(C2CCN(C3CCCCCCC3)CC2)c1=O)C(C)(O)O. The summed E-state index contributed by atoms with van der Waals surface area (Å²) in [6, 6.07) is 7.78. The van der Waals surface area contributed by atoms with E-state index in [1.807, 2.05) is 28.8 Å². The minimum Gasteiger partial charge on any atom is -0.364 e. The second-order valence-corrected chi connectivity index (χ2v) is 9.85. The van der Waals surface area contributed by atoms with Gasteiger partial charge in [0.05, 0.1) is 17.1 Å². The van der Waals surface area contributed by atoms with Gasteiger partial charge in [0.25, 0.3) is 5.56 Å². The molecule has 1 aliphatic heterocycles. The van der Waals surface area contributed by atoms with Crippen molar-refractivity contribution in [1.82, 2.24) is 14.5 Å². The van der Waals surface area contributed by atoms with Gasteiger partial charge in [0, 0.05) is 25.2 Å². The van der Waals surface area contributed by atoms with E-state index in [0.29, 0.717) is 6.04 Å². The molecule has 1 aliphatic carbocycles. The summed E-state index contributed by atoms with van der Waals surface area (Å²) < 4.78 is 1.89. The van der Waals surface area contributed by atoms with Crippen molar-refractivity contribution in [1.29, 1.82) is 0 Å². The molecule has 1 aromatic heterocycles. The van der Waals surface area contributed by atoms with Gasteiger partial charge < -0.3 is 25.0 Å². The largest absolute Gasteiger partial charge is 0.364 e. The first-order chi connectivity index (χ1) is 15.3. The summed E-state index contributed by atoms with van der Waals surface area (Å²) in [5.74, 6) is -1.78. The average molecular weight is 443 g/mol. The van der Waals surface area contributed by atoms with Gasteiger partial charge in [-0.15, -0.1) is 0 Å². The highest BCUT2D eigenvalue weighted by Crippen LogP contribution is 2.29. The Labute approximate surface area is 190 Å². The first-order valence-electron chi connectivity index (χ1n) is 12.3. The fourth-order valence-corrected chi connectivity index (χ4v) is 5.26. The number of hydrogen-bond donors (Lipinski definition) is 3. The third-order valence-electron chi connectivity index (χ3n) is 7.42. The first kappa shape index (κ1) is 23.2. The molecule has 0 amide bonds. The zero-order valence-electron chi connectivity index (χ0n) is 19.5. The summed E-state index contributed by atoms with van der Waals surface area (Å²) in [6.45, 7) is 4.97. The maximum absolute atomic E-state index is 13.5. The number of para-hydroxylation sites is 2. The fraction of sp³-hybridized carbons (Fsp3) is 0.680. The van der Waals surface area contributed by atoms with Crippen LogP contribution < -0.4 is 10.9 Å². The van der Waals surface area contributed by atoms with E-state index in [9.17, 15) is 15.0 Å². The lowest BCUT2D eigenvalue weighted by Gasteiger charge is -2.39. The lowest BCUT2D eigenvalue weighted by molar-refractivity contribution is -0.152. The molecule has 2 aromatic rings. The Hall–Kier alpha value is -1.96. The van der Waals surface area contributed by atoms with Crippen molar-refractivity contribution < 1.29 is 10.2 Å². The van der Waals surface area contributed by atoms with Gasteiger partial charge in [0.1, 0.15) is 0 Å². The fourth-order valence-electron chi connectivity index (χ4n) is 5.26. The molecule has 2 fully saturated rings. The quantitative estimate of drug-likeness (QED) is 0.613. The lowest BCUT2D eigenvalue weighted by atomic mass is 9.93. The molecule has 1 atom stereocenters. The Morgan fingerprint density at radius 1 is 1.00 bits per heavy atom. The molecule has 7 nitrogen and oxygen atoms in total. The number of nitrogens with one attached hydrogen (secondary N) is 1. The molecule has 2 aliphatic rings. The number of nitrogens with zero attached hydrogens (tertiary/aromatic N) is 3. The van der Waals surface area contributed by atoms with E-state index in [-0.39, 0.29) is 17.4 Å². The van der Waals surface area contributed by atoms with Crippen molar-refractivity contribution in [2.75, 3.05) is 18.4 Å². The maximum atomic E-state index is 13.5. The predicted molar refractivity (Wildman–Crippen MR) is 128 cm³/mol. The van der Waals surface area contributed by atoms with E-state index in [1.165, 1.54) is 51.9 Å². The number of piperidine rings is 1. The third kappa shape index (κ3) is 5.16. The van der Waals surface area contributed by atoms with Gasteiger partial charge in [0.2, 0.25) is 0 Å². The summed E-state index contributed by atoms with van der Waals surface area (Å²) in [7, 11) is 0. The van der Waals surface area contributed by atoms with E-state index in [0.717, 1.165) is 37.0 Å². The van der Waals surface area contributed by atoms with Crippen LogP contribution in [0.5, 0.6) is 0 Å².